The Morgan fingerprint density at radius 2 is 1.46 bits per heavy atom. The predicted molar refractivity (Wildman–Crippen MR) is 152 cm³/mol. The van der Waals surface area contributed by atoms with Crippen molar-refractivity contribution in [2.45, 2.75) is 40.2 Å². The van der Waals surface area contributed by atoms with Gasteiger partial charge in [0.25, 0.3) is 0 Å². The highest BCUT2D eigenvalue weighted by Crippen LogP contribution is 2.23. The molecule has 1 heterocycles. The van der Waals surface area contributed by atoms with Gasteiger partial charge in [-0.1, -0.05) is 84.4 Å². The first-order valence-electron chi connectivity index (χ1n) is 12.9. The Morgan fingerprint density at radius 1 is 0.811 bits per heavy atom. The Kier molecular flexibility index (Phi) is 7.18. The lowest BCUT2D eigenvalue weighted by molar-refractivity contribution is -0.120. The molecule has 0 atom stereocenters. The number of hydrogen-bond donors (Lipinski definition) is 1. The molecule has 1 N–H and O–H groups in total. The first kappa shape index (κ1) is 24.5. The minimum Gasteiger partial charge on any atom is -0.355 e. The van der Waals surface area contributed by atoms with Gasteiger partial charge in [0, 0.05) is 19.5 Å². The number of benzene rings is 4. The number of fused-ring (bicyclic) bond motifs is 1. The van der Waals surface area contributed by atoms with E-state index < -0.39 is 0 Å². The summed E-state index contributed by atoms with van der Waals surface area (Å²) in [4.78, 5) is 17.6. The van der Waals surface area contributed by atoms with Crippen molar-refractivity contribution in [3.63, 3.8) is 0 Å². The zero-order valence-corrected chi connectivity index (χ0v) is 21.8. The molecule has 0 spiro atoms. The number of aromatic nitrogens is 2. The zero-order valence-electron chi connectivity index (χ0n) is 21.8. The van der Waals surface area contributed by atoms with Crippen molar-refractivity contribution in [1.29, 1.82) is 0 Å². The van der Waals surface area contributed by atoms with E-state index in [1.165, 1.54) is 27.8 Å². The molecular weight excluding hydrogens is 454 g/mol. The average molecular weight is 488 g/mol. The van der Waals surface area contributed by atoms with Gasteiger partial charge >= 0.3 is 0 Å². The number of carbonyl (C=O) groups excluding carboxylic acids is 1. The Bertz CT molecular complexity index is 1510. The molecule has 0 aliphatic carbocycles. The van der Waals surface area contributed by atoms with Crippen LogP contribution < -0.4 is 5.32 Å². The number of imidazole rings is 1. The van der Waals surface area contributed by atoms with Gasteiger partial charge in [-0.25, -0.2) is 4.98 Å². The highest BCUT2D eigenvalue weighted by Gasteiger charge is 2.14. The smallest absolute Gasteiger partial charge is 0.224 e. The summed E-state index contributed by atoms with van der Waals surface area (Å²) in [7, 11) is 0. The molecule has 186 valence electrons. The summed E-state index contributed by atoms with van der Waals surface area (Å²) in [6.07, 6.45) is 1.05. The molecule has 37 heavy (non-hydrogen) atoms. The third-order valence-corrected chi connectivity index (χ3v) is 6.99. The van der Waals surface area contributed by atoms with E-state index in [0.717, 1.165) is 34.5 Å². The molecule has 0 aliphatic rings. The van der Waals surface area contributed by atoms with Crippen LogP contribution in [0.4, 0.5) is 0 Å². The second-order valence-corrected chi connectivity index (χ2v) is 9.82. The van der Waals surface area contributed by atoms with E-state index in [1.54, 1.807) is 0 Å². The summed E-state index contributed by atoms with van der Waals surface area (Å²) in [6, 6.07) is 31.3. The van der Waals surface area contributed by atoms with Crippen LogP contribution in [0.5, 0.6) is 0 Å². The van der Waals surface area contributed by atoms with Gasteiger partial charge in [0.1, 0.15) is 5.82 Å². The van der Waals surface area contributed by atoms with Gasteiger partial charge in [-0.3, -0.25) is 4.79 Å². The van der Waals surface area contributed by atoms with E-state index in [4.69, 9.17) is 4.98 Å². The molecule has 4 heteroatoms. The van der Waals surface area contributed by atoms with Crippen LogP contribution in [0.2, 0.25) is 0 Å². The molecule has 0 saturated carbocycles. The van der Waals surface area contributed by atoms with Crippen LogP contribution in [0.15, 0.2) is 91.0 Å². The largest absolute Gasteiger partial charge is 0.355 e. The third-order valence-electron chi connectivity index (χ3n) is 6.99. The van der Waals surface area contributed by atoms with E-state index in [1.807, 2.05) is 36.4 Å². The van der Waals surface area contributed by atoms with Crippen molar-refractivity contribution in [1.82, 2.24) is 14.9 Å². The molecule has 5 rings (SSSR count). The maximum Gasteiger partial charge on any atom is 0.224 e. The van der Waals surface area contributed by atoms with Crippen LogP contribution in [0, 0.1) is 20.8 Å². The van der Waals surface area contributed by atoms with Crippen LogP contribution in [-0.2, 0) is 24.2 Å². The topological polar surface area (TPSA) is 46.9 Å². The van der Waals surface area contributed by atoms with Gasteiger partial charge < -0.3 is 9.88 Å². The normalized spacial score (nSPS) is 11.1. The summed E-state index contributed by atoms with van der Waals surface area (Å²) < 4.78 is 2.30. The molecule has 0 radical (unpaired) electrons. The third kappa shape index (κ3) is 5.64. The van der Waals surface area contributed by atoms with E-state index in [9.17, 15) is 4.79 Å². The highest BCUT2D eigenvalue weighted by molar-refractivity contribution is 5.79. The van der Waals surface area contributed by atoms with Gasteiger partial charge in [0.15, 0.2) is 0 Å². The number of nitrogens with one attached hydrogen (secondary N) is 1. The number of nitrogens with zero attached hydrogens (tertiary/aromatic N) is 2. The molecule has 0 fully saturated rings. The van der Waals surface area contributed by atoms with E-state index >= 15 is 0 Å². The monoisotopic (exact) mass is 487 g/mol. The predicted octanol–water partition coefficient (Wildman–Crippen LogP) is 6.58. The average Bonchev–Trinajstić information content (AvgIpc) is 3.24. The molecule has 0 aliphatic heterocycles. The Morgan fingerprint density at radius 3 is 2.19 bits per heavy atom. The van der Waals surface area contributed by atoms with Crippen LogP contribution >= 0.6 is 0 Å². The van der Waals surface area contributed by atoms with Gasteiger partial charge in [0.05, 0.1) is 17.5 Å². The van der Waals surface area contributed by atoms with Gasteiger partial charge in [0.2, 0.25) is 5.91 Å². The fraction of sp³-hybridized carbons (Fsp3) is 0.212. The van der Waals surface area contributed by atoms with Gasteiger partial charge in [-0.2, -0.15) is 0 Å². The van der Waals surface area contributed by atoms with Crippen molar-refractivity contribution in [3.8, 4) is 11.1 Å². The van der Waals surface area contributed by atoms with Crippen molar-refractivity contribution in [2.75, 3.05) is 6.54 Å². The molecule has 4 nitrogen and oxygen atoms in total. The van der Waals surface area contributed by atoms with Gasteiger partial charge in [-0.05, 0) is 66.3 Å². The summed E-state index contributed by atoms with van der Waals surface area (Å²) in [6.45, 7) is 7.83. The minimum absolute atomic E-state index is 0.0281. The molecule has 1 aromatic heterocycles. The molecule has 4 aromatic carbocycles. The Balaban J connectivity index is 1.25. The molecule has 0 saturated heterocycles. The molecule has 5 aromatic rings. The standard InChI is InChI=1S/C33H33N3O/c1-23-19-24(2)29(25(3)20-23)22-36-31-12-8-7-11-30(31)35-32(36)17-18-34-33(37)21-26-13-15-28(16-14-26)27-9-5-4-6-10-27/h4-16,19-20H,17-18,21-22H2,1-3H3,(H,34,37). The summed E-state index contributed by atoms with van der Waals surface area (Å²) in [5.74, 6) is 1.02. The van der Waals surface area contributed by atoms with Crippen molar-refractivity contribution >= 4 is 16.9 Å². The lowest BCUT2D eigenvalue weighted by atomic mass is 9.99. The Labute approximate surface area is 219 Å². The fourth-order valence-corrected chi connectivity index (χ4v) is 5.12. The van der Waals surface area contributed by atoms with Crippen LogP contribution in [0.25, 0.3) is 22.2 Å². The van der Waals surface area contributed by atoms with Crippen molar-refractivity contribution in [2.24, 2.45) is 0 Å². The first-order chi connectivity index (χ1) is 18.0. The number of rotatable bonds is 8. The maximum atomic E-state index is 12.7. The molecule has 0 unspecified atom stereocenters. The number of aryl methyl sites for hydroxylation is 3. The number of amides is 1. The van der Waals surface area contributed by atoms with Crippen LogP contribution in [0.1, 0.15) is 33.6 Å². The highest BCUT2D eigenvalue weighted by atomic mass is 16.1. The summed E-state index contributed by atoms with van der Waals surface area (Å²) in [5, 5.41) is 3.10. The quantitative estimate of drug-likeness (QED) is 0.269. The van der Waals surface area contributed by atoms with Crippen molar-refractivity contribution < 1.29 is 4.79 Å². The van der Waals surface area contributed by atoms with E-state index in [0.29, 0.717) is 19.4 Å². The molecular formula is C33H33N3O. The van der Waals surface area contributed by atoms with E-state index in [-0.39, 0.29) is 5.91 Å². The second-order valence-electron chi connectivity index (χ2n) is 9.82. The summed E-state index contributed by atoms with van der Waals surface area (Å²) in [5.41, 5.74) is 10.7. The number of hydrogen-bond acceptors (Lipinski definition) is 2. The van der Waals surface area contributed by atoms with Crippen molar-refractivity contribution in [3.05, 3.63) is 125 Å². The van der Waals surface area contributed by atoms with Gasteiger partial charge in [-0.15, -0.1) is 0 Å². The summed E-state index contributed by atoms with van der Waals surface area (Å²) >= 11 is 0. The van der Waals surface area contributed by atoms with Crippen LogP contribution in [0.3, 0.4) is 0 Å². The molecule has 1 amide bonds. The zero-order chi connectivity index (χ0) is 25.8. The maximum absolute atomic E-state index is 12.7. The lowest BCUT2D eigenvalue weighted by Gasteiger charge is -2.15. The minimum atomic E-state index is 0.0281. The number of para-hydroxylation sites is 2. The van der Waals surface area contributed by atoms with E-state index in [2.05, 4.69) is 85.3 Å². The fourth-order valence-electron chi connectivity index (χ4n) is 5.12. The van der Waals surface area contributed by atoms with Crippen LogP contribution in [-0.4, -0.2) is 22.0 Å². The lowest BCUT2D eigenvalue weighted by Crippen LogP contribution is -2.28. The molecule has 0 bridgehead atoms. The first-order valence-corrected chi connectivity index (χ1v) is 12.9. The SMILES string of the molecule is Cc1cc(C)c(Cn2c(CCNC(=O)Cc3ccc(-c4ccccc4)cc3)nc3ccccc32)c(C)c1. The number of carbonyl (C=O) groups is 1. The Hall–Kier alpha value is -4.18. The second kappa shape index (κ2) is 10.8.